The normalized spacial score (nSPS) is 14.8. The molecule has 2 amide bonds. The van der Waals surface area contributed by atoms with Gasteiger partial charge < -0.3 is 10.6 Å². The summed E-state index contributed by atoms with van der Waals surface area (Å²) >= 11 is 0. The van der Waals surface area contributed by atoms with Crippen molar-refractivity contribution < 1.29 is 18.0 Å². The molecule has 0 aromatic heterocycles. The fraction of sp³-hybridized carbons (Fsp3) is 0.417. The molecule has 0 unspecified atom stereocenters. The van der Waals surface area contributed by atoms with Crippen molar-refractivity contribution in [3.05, 3.63) is 59.2 Å². The Kier molecular flexibility index (Phi) is 7.49. The summed E-state index contributed by atoms with van der Waals surface area (Å²) in [5.74, 6) is -0.738. The van der Waals surface area contributed by atoms with Gasteiger partial charge in [-0.15, -0.1) is 0 Å². The Morgan fingerprint density at radius 2 is 1.65 bits per heavy atom. The summed E-state index contributed by atoms with van der Waals surface area (Å²) < 4.78 is 24.9. The Balaban J connectivity index is 1.56. The van der Waals surface area contributed by atoms with E-state index >= 15 is 0 Å². The maximum Gasteiger partial charge on any atom is 0.251 e. The summed E-state index contributed by atoms with van der Waals surface area (Å²) in [6.45, 7) is 3.70. The average Bonchev–Trinajstić information content (AvgIpc) is 2.75. The van der Waals surface area contributed by atoms with Crippen LogP contribution in [0.2, 0.25) is 0 Å². The van der Waals surface area contributed by atoms with Crippen LogP contribution in [0.1, 0.15) is 60.0 Å². The molecule has 31 heavy (non-hydrogen) atoms. The van der Waals surface area contributed by atoms with E-state index in [4.69, 9.17) is 0 Å². The van der Waals surface area contributed by atoms with Gasteiger partial charge in [0.1, 0.15) is 0 Å². The molecule has 0 aliphatic heterocycles. The van der Waals surface area contributed by atoms with E-state index in [2.05, 4.69) is 10.6 Å². The van der Waals surface area contributed by atoms with Gasteiger partial charge in [-0.3, -0.25) is 9.59 Å². The summed E-state index contributed by atoms with van der Waals surface area (Å²) in [5.41, 5.74) is 2.86. The van der Waals surface area contributed by atoms with Crippen molar-refractivity contribution >= 4 is 27.3 Å². The molecule has 1 fully saturated rings. The molecule has 166 valence electrons. The Morgan fingerprint density at radius 1 is 0.968 bits per heavy atom. The molecule has 0 spiro atoms. The first-order chi connectivity index (χ1) is 14.7. The third-order valence-electron chi connectivity index (χ3n) is 5.68. The van der Waals surface area contributed by atoms with Crippen LogP contribution in [0.25, 0.3) is 0 Å². The molecule has 0 radical (unpaired) electrons. The first kappa shape index (κ1) is 23.0. The van der Waals surface area contributed by atoms with Crippen molar-refractivity contribution in [3.63, 3.8) is 0 Å². The number of carbonyl (C=O) groups is 2. The molecule has 0 bridgehead atoms. The summed E-state index contributed by atoms with van der Waals surface area (Å²) in [5, 5.41) is 5.84. The minimum Gasteiger partial charge on any atom is -0.349 e. The number of anilines is 1. The van der Waals surface area contributed by atoms with Gasteiger partial charge in [0.15, 0.2) is 9.84 Å². The summed E-state index contributed by atoms with van der Waals surface area (Å²) in [7, 11) is -3.52. The van der Waals surface area contributed by atoms with Crippen LogP contribution in [-0.4, -0.2) is 32.0 Å². The Hall–Kier alpha value is -2.67. The zero-order chi connectivity index (χ0) is 22.4. The molecular weight excluding hydrogens is 412 g/mol. The summed E-state index contributed by atoms with van der Waals surface area (Å²) in [6, 6.07) is 12.0. The van der Waals surface area contributed by atoms with Gasteiger partial charge in [-0.25, -0.2) is 8.42 Å². The van der Waals surface area contributed by atoms with E-state index in [1.54, 1.807) is 42.5 Å². The summed E-state index contributed by atoms with van der Waals surface area (Å²) in [4.78, 5) is 25.0. The van der Waals surface area contributed by atoms with Crippen LogP contribution in [0.4, 0.5) is 5.69 Å². The first-order valence-electron chi connectivity index (χ1n) is 10.8. The molecule has 7 heteroatoms. The molecule has 2 aromatic carbocycles. The zero-order valence-corrected chi connectivity index (χ0v) is 18.9. The zero-order valence-electron chi connectivity index (χ0n) is 18.1. The lowest BCUT2D eigenvalue weighted by Crippen LogP contribution is -2.36. The predicted molar refractivity (Wildman–Crippen MR) is 122 cm³/mol. The molecular formula is C24H30N2O4S. The molecule has 2 aromatic rings. The van der Waals surface area contributed by atoms with Gasteiger partial charge in [-0.05, 0) is 62.6 Å². The van der Waals surface area contributed by atoms with E-state index in [1.807, 2.05) is 13.8 Å². The molecule has 3 rings (SSSR count). The third-order valence-corrected chi connectivity index (χ3v) is 7.41. The van der Waals surface area contributed by atoms with E-state index in [1.165, 1.54) is 6.42 Å². The molecule has 0 saturated heterocycles. The fourth-order valence-corrected chi connectivity index (χ4v) is 5.00. The molecule has 1 aliphatic carbocycles. The Bertz CT molecular complexity index is 1040. The summed E-state index contributed by atoms with van der Waals surface area (Å²) in [6.07, 6.45) is 5.42. The van der Waals surface area contributed by atoms with Gasteiger partial charge in [0.05, 0.1) is 10.6 Å². The number of nitrogens with one attached hydrogen (secondary N) is 2. The lowest BCUT2D eigenvalue weighted by atomic mass is 9.95. The number of aryl methyl sites for hydroxylation is 2. The van der Waals surface area contributed by atoms with Gasteiger partial charge in [-0.2, -0.15) is 0 Å². The van der Waals surface area contributed by atoms with Crippen LogP contribution >= 0.6 is 0 Å². The molecule has 2 N–H and O–H groups in total. The van der Waals surface area contributed by atoms with Gasteiger partial charge in [0.2, 0.25) is 5.91 Å². The lowest BCUT2D eigenvalue weighted by molar-refractivity contribution is -0.115. The quantitative estimate of drug-likeness (QED) is 0.673. The Morgan fingerprint density at radius 3 is 2.29 bits per heavy atom. The van der Waals surface area contributed by atoms with E-state index in [9.17, 15) is 18.0 Å². The van der Waals surface area contributed by atoms with Crippen LogP contribution in [0.3, 0.4) is 0 Å². The Labute approximate surface area is 184 Å². The molecule has 0 atom stereocenters. The van der Waals surface area contributed by atoms with Crippen molar-refractivity contribution in [1.29, 1.82) is 0 Å². The SMILES string of the molecule is Cc1ccc(S(=O)(=O)CCC(=O)Nc2ccc(C(=O)NC3CCCCC3)cc2C)cc1. The van der Waals surface area contributed by atoms with Crippen molar-refractivity contribution in [1.82, 2.24) is 5.32 Å². The van der Waals surface area contributed by atoms with E-state index < -0.39 is 9.84 Å². The highest BCUT2D eigenvalue weighted by Crippen LogP contribution is 2.20. The van der Waals surface area contributed by atoms with Gasteiger partial charge in [0.25, 0.3) is 5.91 Å². The van der Waals surface area contributed by atoms with Crippen LogP contribution < -0.4 is 10.6 Å². The smallest absolute Gasteiger partial charge is 0.251 e. The van der Waals surface area contributed by atoms with E-state index in [0.717, 1.165) is 36.8 Å². The van der Waals surface area contributed by atoms with Crippen molar-refractivity contribution in [2.24, 2.45) is 0 Å². The van der Waals surface area contributed by atoms with Crippen LogP contribution in [0, 0.1) is 13.8 Å². The predicted octanol–water partition coefficient (Wildman–Crippen LogP) is 4.17. The first-order valence-corrected chi connectivity index (χ1v) is 12.4. The van der Waals surface area contributed by atoms with Crippen molar-refractivity contribution in [3.8, 4) is 0 Å². The van der Waals surface area contributed by atoms with Crippen LogP contribution in [0.5, 0.6) is 0 Å². The second-order valence-electron chi connectivity index (χ2n) is 8.27. The number of sulfone groups is 1. The molecule has 1 aliphatic rings. The number of hydrogen-bond acceptors (Lipinski definition) is 4. The number of amides is 2. The maximum atomic E-state index is 12.5. The number of rotatable bonds is 7. The molecule has 1 saturated carbocycles. The minimum absolute atomic E-state index is 0.0999. The molecule has 6 nitrogen and oxygen atoms in total. The number of hydrogen-bond donors (Lipinski definition) is 2. The maximum absolute atomic E-state index is 12.5. The highest BCUT2D eigenvalue weighted by molar-refractivity contribution is 7.91. The highest BCUT2D eigenvalue weighted by Gasteiger charge is 2.19. The number of carbonyl (C=O) groups excluding carboxylic acids is 2. The fourth-order valence-electron chi connectivity index (χ4n) is 3.76. The monoisotopic (exact) mass is 442 g/mol. The van der Waals surface area contributed by atoms with Crippen molar-refractivity contribution in [2.45, 2.75) is 63.3 Å². The number of benzene rings is 2. The van der Waals surface area contributed by atoms with Crippen LogP contribution in [-0.2, 0) is 14.6 Å². The van der Waals surface area contributed by atoms with Gasteiger partial charge in [-0.1, -0.05) is 37.0 Å². The third kappa shape index (κ3) is 6.40. The second kappa shape index (κ2) is 10.1. The lowest BCUT2D eigenvalue weighted by Gasteiger charge is -2.23. The van der Waals surface area contributed by atoms with Gasteiger partial charge in [0, 0.05) is 23.7 Å². The second-order valence-corrected chi connectivity index (χ2v) is 10.4. The minimum atomic E-state index is -3.52. The van der Waals surface area contributed by atoms with Gasteiger partial charge >= 0.3 is 0 Å². The highest BCUT2D eigenvalue weighted by atomic mass is 32.2. The van der Waals surface area contributed by atoms with Crippen molar-refractivity contribution in [2.75, 3.05) is 11.1 Å². The van der Waals surface area contributed by atoms with E-state index in [0.29, 0.717) is 11.3 Å². The van der Waals surface area contributed by atoms with E-state index in [-0.39, 0.29) is 34.9 Å². The standard InChI is InChI=1S/C24H30N2O4S/c1-17-8-11-21(12-9-17)31(29,30)15-14-23(27)26-22-13-10-19(16-18(22)2)24(28)25-20-6-4-3-5-7-20/h8-13,16,20H,3-7,14-15H2,1-2H3,(H,25,28)(H,26,27). The topological polar surface area (TPSA) is 92.3 Å². The largest absolute Gasteiger partial charge is 0.349 e. The molecule has 0 heterocycles. The average molecular weight is 443 g/mol. The van der Waals surface area contributed by atoms with Crippen LogP contribution in [0.15, 0.2) is 47.4 Å².